The van der Waals surface area contributed by atoms with Crippen molar-refractivity contribution in [1.29, 1.82) is 0 Å². The Labute approximate surface area is 205 Å². The topological polar surface area (TPSA) is 94.1 Å². The van der Waals surface area contributed by atoms with E-state index < -0.39 is 11.9 Å². The van der Waals surface area contributed by atoms with Gasteiger partial charge in [-0.05, 0) is 68.5 Å². The molecule has 0 bridgehead atoms. The number of Topliss-reactive ketones (excluding diaryl/α,β-unsaturated/α-hetero) is 1. The van der Waals surface area contributed by atoms with Crippen LogP contribution in [0.5, 0.6) is 17.2 Å². The molecule has 0 radical (unpaired) electrons. The van der Waals surface area contributed by atoms with Gasteiger partial charge in [0.15, 0.2) is 17.3 Å². The van der Waals surface area contributed by atoms with E-state index in [1.807, 2.05) is 31.2 Å². The lowest BCUT2D eigenvalue weighted by atomic mass is 9.71. The summed E-state index contributed by atoms with van der Waals surface area (Å²) in [6.07, 6.45) is 0.576. The number of ketones is 1. The number of allylic oxidation sites excluding steroid dienone is 3. The van der Waals surface area contributed by atoms with Crippen LogP contribution >= 0.6 is 0 Å². The Morgan fingerprint density at radius 3 is 2.43 bits per heavy atom. The lowest BCUT2D eigenvalue weighted by molar-refractivity contribution is -0.143. The summed E-state index contributed by atoms with van der Waals surface area (Å²) in [5, 5.41) is 13.5. The fraction of sp³-hybridized carbons (Fsp3) is 0.357. The van der Waals surface area contributed by atoms with Crippen molar-refractivity contribution in [1.82, 2.24) is 5.32 Å². The Morgan fingerprint density at radius 2 is 1.77 bits per heavy atom. The number of aromatic hydroxyl groups is 1. The third-order valence-electron chi connectivity index (χ3n) is 6.47. The number of ether oxygens (including phenoxy) is 3. The van der Waals surface area contributed by atoms with Gasteiger partial charge in [0.25, 0.3) is 0 Å². The van der Waals surface area contributed by atoms with E-state index in [2.05, 4.69) is 5.32 Å². The van der Waals surface area contributed by atoms with E-state index in [9.17, 15) is 14.7 Å². The van der Waals surface area contributed by atoms with Crippen molar-refractivity contribution >= 4 is 11.8 Å². The van der Waals surface area contributed by atoms with Crippen LogP contribution in [0.2, 0.25) is 0 Å². The van der Waals surface area contributed by atoms with E-state index in [-0.39, 0.29) is 30.0 Å². The molecule has 184 valence electrons. The minimum Gasteiger partial charge on any atom is -0.508 e. The van der Waals surface area contributed by atoms with Gasteiger partial charge in [-0.1, -0.05) is 18.2 Å². The number of phenols is 1. The number of hydrogen-bond acceptors (Lipinski definition) is 7. The molecule has 2 aliphatic rings. The van der Waals surface area contributed by atoms with E-state index in [0.29, 0.717) is 40.3 Å². The van der Waals surface area contributed by atoms with Crippen molar-refractivity contribution in [2.75, 3.05) is 14.2 Å². The summed E-state index contributed by atoms with van der Waals surface area (Å²) < 4.78 is 16.3. The van der Waals surface area contributed by atoms with Crippen molar-refractivity contribution in [2.45, 2.75) is 51.6 Å². The Balaban J connectivity index is 1.77. The second-order valence-corrected chi connectivity index (χ2v) is 9.18. The van der Waals surface area contributed by atoms with Gasteiger partial charge in [0.2, 0.25) is 0 Å². The Hall–Kier alpha value is -3.74. The van der Waals surface area contributed by atoms with E-state index in [1.54, 1.807) is 46.3 Å². The summed E-state index contributed by atoms with van der Waals surface area (Å²) in [5.41, 5.74) is 4.02. The van der Waals surface area contributed by atoms with Crippen LogP contribution in [0.4, 0.5) is 0 Å². The lowest BCUT2D eigenvalue weighted by Crippen LogP contribution is -2.36. The third-order valence-corrected chi connectivity index (χ3v) is 6.47. The van der Waals surface area contributed by atoms with E-state index in [1.165, 1.54) is 0 Å². The number of nitrogens with one attached hydrogen (secondary N) is 1. The first kappa shape index (κ1) is 24.4. The van der Waals surface area contributed by atoms with Gasteiger partial charge in [0.1, 0.15) is 5.75 Å². The first-order valence-corrected chi connectivity index (χ1v) is 11.7. The quantitative estimate of drug-likeness (QED) is 0.581. The summed E-state index contributed by atoms with van der Waals surface area (Å²) in [6, 6.07) is 12.4. The summed E-state index contributed by atoms with van der Waals surface area (Å²) in [5.74, 6) is 0.114. The molecule has 0 fully saturated rings. The number of benzene rings is 2. The number of phenolic OH excluding ortho intramolecular Hbond substituents is 1. The smallest absolute Gasteiger partial charge is 0.337 e. The van der Waals surface area contributed by atoms with Gasteiger partial charge in [-0.25, -0.2) is 4.79 Å². The van der Waals surface area contributed by atoms with Crippen LogP contribution in [0.3, 0.4) is 0 Å². The second-order valence-electron chi connectivity index (χ2n) is 9.18. The minimum atomic E-state index is -0.622. The maximum atomic E-state index is 13.7. The molecule has 35 heavy (non-hydrogen) atoms. The number of methoxy groups -OCH3 is 2. The van der Waals surface area contributed by atoms with Gasteiger partial charge in [-0.15, -0.1) is 0 Å². The fourth-order valence-electron chi connectivity index (χ4n) is 4.97. The molecule has 0 saturated heterocycles. The Kier molecular flexibility index (Phi) is 6.87. The molecule has 1 heterocycles. The maximum absolute atomic E-state index is 13.7. The summed E-state index contributed by atoms with van der Waals surface area (Å²) >= 11 is 0. The minimum absolute atomic E-state index is 0.0470. The largest absolute Gasteiger partial charge is 0.508 e. The van der Waals surface area contributed by atoms with E-state index in [4.69, 9.17) is 14.2 Å². The standard InChI is InChI=1S/C28H31NO6/c1-15(2)35-28(32)25-16(3)29-21-12-19(17-9-10-23(33-4)24(14-17)34-5)13-22(31)27(21)26(25)18-7-6-8-20(30)11-18/h6-11,14-15,19,26,29-30H,12-13H2,1-5H3/t19-,26-/m0/s1. The van der Waals surface area contributed by atoms with Crippen LogP contribution in [0.1, 0.15) is 56.6 Å². The number of rotatable bonds is 6. The molecule has 1 aliphatic carbocycles. The highest BCUT2D eigenvalue weighted by atomic mass is 16.5. The van der Waals surface area contributed by atoms with Gasteiger partial charge in [-0.3, -0.25) is 4.79 Å². The molecular formula is C28H31NO6. The zero-order chi connectivity index (χ0) is 25.3. The van der Waals surface area contributed by atoms with Crippen LogP contribution in [-0.4, -0.2) is 37.2 Å². The predicted molar refractivity (Wildman–Crippen MR) is 131 cm³/mol. The average molecular weight is 478 g/mol. The van der Waals surface area contributed by atoms with Crippen molar-refractivity contribution in [3.8, 4) is 17.2 Å². The molecule has 2 N–H and O–H groups in total. The monoisotopic (exact) mass is 477 g/mol. The normalized spacial score (nSPS) is 19.9. The highest BCUT2D eigenvalue weighted by molar-refractivity contribution is 6.04. The van der Waals surface area contributed by atoms with Crippen LogP contribution in [0.15, 0.2) is 65.0 Å². The first-order chi connectivity index (χ1) is 16.7. The zero-order valence-corrected chi connectivity index (χ0v) is 20.7. The van der Waals surface area contributed by atoms with Crippen LogP contribution in [0, 0.1) is 0 Å². The molecule has 0 aromatic heterocycles. The number of carbonyl (C=O) groups is 2. The molecule has 7 heteroatoms. The van der Waals surface area contributed by atoms with Crippen LogP contribution < -0.4 is 14.8 Å². The number of esters is 1. The third kappa shape index (κ3) is 4.76. The molecule has 0 amide bonds. The van der Waals surface area contributed by atoms with Gasteiger partial charge in [0, 0.05) is 29.3 Å². The van der Waals surface area contributed by atoms with Crippen LogP contribution in [-0.2, 0) is 14.3 Å². The lowest BCUT2D eigenvalue weighted by Gasteiger charge is -2.37. The molecule has 0 spiro atoms. The molecular weight excluding hydrogens is 446 g/mol. The number of carbonyl (C=O) groups excluding carboxylic acids is 2. The van der Waals surface area contributed by atoms with E-state index >= 15 is 0 Å². The van der Waals surface area contributed by atoms with Crippen molar-refractivity contribution in [3.63, 3.8) is 0 Å². The molecule has 0 unspecified atom stereocenters. The first-order valence-electron chi connectivity index (χ1n) is 11.7. The Bertz CT molecular complexity index is 1230. The molecule has 4 rings (SSSR count). The summed E-state index contributed by atoms with van der Waals surface area (Å²) in [7, 11) is 3.17. The highest BCUT2D eigenvalue weighted by Crippen LogP contribution is 2.46. The fourth-order valence-corrected chi connectivity index (χ4v) is 4.97. The molecule has 2 aromatic rings. The molecule has 2 aromatic carbocycles. The van der Waals surface area contributed by atoms with Gasteiger partial charge >= 0.3 is 5.97 Å². The zero-order valence-electron chi connectivity index (χ0n) is 20.7. The number of hydrogen-bond donors (Lipinski definition) is 2. The number of dihydropyridines is 1. The summed E-state index contributed by atoms with van der Waals surface area (Å²) in [4.78, 5) is 26.8. The maximum Gasteiger partial charge on any atom is 0.337 e. The molecule has 7 nitrogen and oxygen atoms in total. The van der Waals surface area contributed by atoms with E-state index in [0.717, 1.165) is 11.3 Å². The van der Waals surface area contributed by atoms with Crippen molar-refractivity contribution < 1.29 is 28.9 Å². The molecule has 0 saturated carbocycles. The van der Waals surface area contributed by atoms with Crippen molar-refractivity contribution in [3.05, 3.63) is 76.1 Å². The average Bonchev–Trinajstić information content (AvgIpc) is 2.82. The second kappa shape index (κ2) is 9.86. The molecule has 1 aliphatic heterocycles. The SMILES string of the molecule is COc1ccc([C@@H]2CC(=O)C3=C(C2)NC(C)=C(C(=O)OC(C)C)[C@@H]3c2cccc(O)c2)cc1OC. The van der Waals surface area contributed by atoms with Gasteiger partial charge in [0.05, 0.1) is 25.9 Å². The predicted octanol–water partition coefficient (Wildman–Crippen LogP) is 4.72. The highest BCUT2D eigenvalue weighted by Gasteiger charge is 2.41. The molecule has 2 atom stereocenters. The van der Waals surface area contributed by atoms with Crippen LogP contribution in [0.25, 0.3) is 0 Å². The van der Waals surface area contributed by atoms with Crippen molar-refractivity contribution in [2.24, 2.45) is 0 Å². The van der Waals surface area contributed by atoms with Gasteiger partial charge < -0.3 is 24.6 Å². The van der Waals surface area contributed by atoms with Gasteiger partial charge in [-0.2, -0.15) is 0 Å². The Morgan fingerprint density at radius 1 is 1.03 bits per heavy atom. The summed E-state index contributed by atoms with van der Waals surface area (Å²) in [6.45, 7) is 5.40.